The molecule has 0 radical (unpaired) electrons. The minimum absolute atomic E-state index is 0.109. The molecule has 6 nitrogen and oxygen atoms in total. The van der Waals surface area contributed by atoms with Crippen LogP contribution in [0.2, 0.25) is 0 Å². The van der Waals surface area contributed by atoms with Gasteiger partial charge in [0.25, 0.3) is 5.56 Å². The van der Waals surface area contributed by atoms with E-state index < -0.39 is 0 Å². The second kappa shape index (κ2) is 6.34. The molecule has 140 valence electrons. The summed E-state index contributed by atoms with van der Waals surface area (Å²) < 4.78 is 5.34. The summed E-state index contributed by atoms with van der Waals surface area (Å²) in [5, 5.41) is 13.5. The lowest BCUT2D eigenvalue weighted by atomic mass is 9.69. The maximum atomic E-state index is 12.5. The van der Waals surface area contributed by atoms with E-state index in [4.69, 9.17) is 4.52 Å². The van der Waals surface area contributed by atoms with E-state index in [9.17, 15) is 9.90 Å². The van der Waals surface area contributed by atoms with Crippen molar-refractivity contribution in [3.63, 3.8) is 0 Å². The highest BCUT2D eigenvalue weighted by atomic mass is 16.5. The minimum atomic E-state index is -0.277. The monoisotopic (exact) mass is 357 g/mol. The Kier molecular flexibility index (Phi) is 4.26. The summed E-state index contributed by atoms with van der Waals surface area (Å²) in [6.45, 7) is 6.90. The lowest BCUT2D eigenvalue weighted by molar-refractivity contribution is 0.0625. The van der Waals surface area contributed by atoms with E-state index in [0.29, 0.717) is 41.5 Å². The van der Waals surface area contributed by atoms with E-state index in [1.165, 1.54) is 5.56 Å². The van der Waals surface area contributed by atoms with Gasteiger partial charge in [0.1, 0.15) is 0 Å². The van der Waals surface area contributed by atoms with Crippen molar-refractivity contribution in [2.45, 2.75) is 71.3 Å². The first kappa shape index (κ1) is 17.5. The number of aryl methyl sites for hydroxylation is 1. The van der Waals surface area contributed by atoms with Crippen LogP contribution in [0.3, 0.4) is 0 Å². The van der Waals surface area contributed by atoms with Gasteiger partial charge in [0, 0.05) is 11.6 Å². The van der Waals surface area contributed by atoms with Crippen LogP contribution in [0.15, 0.2) is 15.4 Å². The summed E-state index contributed by atoms with van der Waals surface area (Å²) in [4.78, 5) is 20.0. The van der Waals surface area contributed by atoms with Gasteiger partial charge in [0.15, 0.2) is 0 Å². The Bertz CT molecular complexity index is 861. The summed E-state index contributed by atoms with van der Waals surface area (Å²) >= 11 is 0. The Hall–Kier alpha value is -1.95. The predicted octanol–water partition coefficient (Wildman–Crippen LogP) is 3.20. The molecule has 1 saturated carbocycles. The second-order valence-corrected chi connectivity index (χ2v) is 8.58. The second-order valence-electron chi connectivity index (χ2n) is 8.58. The molecule has 0 aliphatic heterocycles. The Labute approximate surface area is 153 Å². The van der Waals surface area contributed by atoms with Gasteiger partial charge >= 0.3 is 0 Å². The van der Waals surface area contributed by atoms with E-state index in [1.807, 2.05) is 6.07 Å². The third-order valence-corrected chi connectivity index (χ3v) is 6.59. The van der Waals surface area contributed by atoms with E-state index >= 15 is 0 Å². The van der Waals surface area contributed by atoms with Gasteiger partial charge in [-0.15, -0.1) is 0 Å². The fourth-order valence-corrected chi connectivity index (χ4v) is 4.12. The number of hydrogen-bond acceptors (Lipinski definition) is 5. The third-order valence-electron chi connectivity index (χ3n) is 6.59. The van der Waals surface area contributed by atoms with Crippen LogP contribution in [0, 0.1) is 11.3 Å². The molecule has 0 amide bonds. The van der Waals surface area contributed by atoms with Crippen molar-refractivity contribution in [3.8, 4) is 11.4 Å². The van der Waals surface area contributed by atoms with Gasteiger partial charge in [0.2, 0.25) is 11.7 Å². The summed E-state index contributed by atoms with van der Waals surface area (Å²) in [5.41, 5.74) is 2.86. The maximum absolute atomic E-state index is 12.5. The fraction of sp³-hybridized carbons (Fsp3) is 0.650. The Morgan fingerprint density at radius 2 is 2.15 bits per heavy atom. The number of aliphatic hydroxyl groups is 1. The summed E-state index contributed by atoms with van der Waals surface area (Å²) in [7, 11) is 0. The summed E-state index contributed by atoms with van der Waals surface area (Å²) in [6.07, 6.45) is 5.16. The molecule has 0 saturated heterocycles. The average Bonchev–Trinajstić information content (AvgIpc) is 3.07. The summed E-state index contributed by atoms with van der Waals surface area (Å²) in [6, 6.07) is 1.95. The number of aromatic amines is 1. The molecule has 1 unspecified atom stereocenters. The zero-order valence-corrected chi connectivity index (χ0v) is 15.7. The van der Waals surface area contributed by atoms with Crippen molar-refractivity contribution >= 4 is 0 Å². The van der Waals surface area contributed by atoms with Gasteiger partial charge in [-0.05, 0) is 55.1 Å². The zero-order valence-electron chi connectivity index (χ0n) is 15.7. The van der Waals surface area contributed by atoms with E-state index in [1.54, 1.807) is 0 Å². The molecule has 1 atom stereocenters. The highest BCUT2D eigenvalue weighted by Crippen LogP contribution is 2.40. The molecule has 2 N–H and O–H groups in total. The summed E-state index contributed by atoms with van der Waals surface area (Å²) in [5.74, 6) is 1.59. The molecule has 6 heteroatoms. The van der Waals surface area contributed by atoms with Crippen LogP contribution in [0.25, 0.3) is 11.4 Å². The predicted molar refractivity (Wildman–Crippen MR) is 97.9 cm³/mol. The number of H-pyrrole nitrogens is 1. The largest absolute Gasteiger partial charge is 0.393 e. The molecule has 2 aromatic rings. The lowest BCUT2D eigenvalue weighted by Crippen LogP contribution is -2.30. The normalized spacial score (nSPS) is 25.6. The molecule has 0 spiro atoms. The Morgan fingerprint density at radius 3 is 2.85 bits per heavy atom. The number of rotatable bonds is 4. The van der Waals surface area contributed by atoms with Gasteiger partial charge < -0.3 is 14.6 Å². The first-order chi connectivity index (χ1) is 12.4. The van der Waals surface area contributed by atoms with Gasteiger partial charge in [-0.1, -0.05) is 32.3 Å². The SMILES string of the molecule is CCC(C)(C)C1CCc2[nH]c(=O)c(-c3noc(C4CC(O)C4)n3)cc2C1. The van der Waals surface area contributed by atoms with Crippen molar-refractivity contribution in [2.75, 3.05) is 0 Å². The average molecular weight is 357 g/mol. The molecule has 0 bridgehead atoms. The highest BCUT2D eigenvalue weighted by molar-refractivity contribution is 5.55. The van der Waals surface area contributed by atoms with Crippen molar-refractivity contribution in [1.82, 2.24) is 15.1 Å². The molecule has 4 rings (SSSR count). The molecular weight excluding hydrogens is 330 g/mol. The first-order valence-corrected chi connectivity index (χ1v) is 9.64. The molecule has 2 aliphatic rings. The standard InChI is InChI=1S/C20H27N3O3/c1-4-20(2,3)13-5-6-16-11(7-13)10-15(18(25)21-16)17-22-19(26-23-17)12-8-14(24)9-12/h10,12-14,24H,4-9H2,1-3H3,(H,21,25). The van der Waals surface area contributed by atoms with E-state index in [2.05, 4.69) is 35.9 Å². The van der Waals surface area contributed by atoms with Crippen LogP contribution in [0.5, 0.6) is 0 Å². The van der Waals surface area contributed by atoms with E-state index in [-0.39, 0.29) is 17.6 Å². The van der Waals surface area contributed by atoms with Crippen molar-refractivity contribution in [2.24, 2.45) is 11.3 Å². The van der Waals surface area contributed by atoms with Crippen LogP contribution < -0.4 is 5.56 Å². The molecule has 2 aliphatic carbocycles. The fourth-order valence-electron chi connectivity index (χ4n) is 4.12. The first-order valence-electron chi connectivity index (χ1n) is 9.64. The van der Waals surface area contributed by atoms with Crippen LogP contribution in [-0.4, -0.2) is 26.3 Å². The number of aromatic nitrogens is 3. The molecule has 26 heavy (non-hydrogen) atoms. The topological polar surface area (TPSA) is 92.0 Å². The number of pyridine rings is 1. The van der Waals surface area contributed by atoms with E-state index in [0.717, 1.165) is 31.4 Å². The number of nitrogens with zero attached hydrogens (tertiary/aromatic N) is 2. The molecule has 2 aromatic heterocycles. The van der Waals surface area contributed by atoms with Crippen molar-refractivity contribution in [1.29, 1.82) is 0 Å². The van der Waals surface area contributed by atoms with Crippen LogP contribution in [-0.2, 0) is 12.8 Å². The lowest BCUT2D eigenvalue weighted by Gasteiger charge is -2.37. The van der Waals surface area contributed by atoms with Gasteiger partial charge in [-0.2, -0.15) is 4.98 Å². The maximum Gasteiger partial charge on any atom is 0.259 e. The molecule has 0 aromatic carbocycles. The zero-order chi connectivity index (χ0) is 18.5. The Morgan fingerprint density at radius 1 is 1.38 bits per heavy atom. The molecule has 1 fully saturated rings. The number of nitrogens with one attached hydrogen (secondary N) is 1. The smallest absolute Gasteiger partial charge is 0.259 e. The number of aliphatic hydroxyl groups excluding tert-OH is 1. The van der Waals surface area contributed by atoms with Gasteiger partial charge in [-0.25, -0.2) is 0 Å². The Balaban J connectivity index is 1.63. The number of fused-ring (bicyclic) bond motifs is 1. The third kappa shape index (κ3) is 3.00. The van der Waals surface area contributed by atoms with Crippen LogP contribution in [0.4, 0.5) is 0 Å². The molecular formula is C20H27N3O3. The van der Waals surface area contributed by atoms with Crippen molar-refractivity contribution in [3.05, 3.63) is 33.6 Å². The quantitative estimate of drug-likeness (QED) is 0.876. The van der Waals surface area contributed by atoms with Gasteiger partial charge in [-0.3, -0.25) is 4.79 Å². The molecule has 2 heterocycles. The minimum Gasteiger partial charge on any atom is -0.393 e. The van der Waals surface area contributed by atoms with Crippen LogP contribution in [0.1, 0.15) is 69.5 Å². The van der Waals surface area contributed by atoms with Crippen LogP contribution >= 0.6 is 0 Å². The van der Waals surface area contributed by atoms with Gasteiger partial charge in [0.05, 0.1) is 11.7 Å². The van der Waals surface area contributed by atoms with Crippen molar-refractivity contribution < 1.29 is 9.63 Å². The number of hydrogen-bond donors (Lipinski definition) is 2. The highest BCUT2D eigenvalue weighted by Gasteiger charge is 2.34.